The molecule has 4 aliphatic rings. The second-order valence-corrected chi connectivity index (χ2v) is 27.1. The third-order valence-corrected chi connectivity index (χ3v) is 14.7. The Morgan fingerprint density at radius 2 is 1.22 bits per heavy atom. The molecule has 492 valence electrons. The summed E-state index contributed by atoms with van der Waals surface area (Å²) in [5.41, 5.74) is -1.03. The van der Waals surface area contributed by atoms with Crippen LogP contribution in [0.3, 0.4) is 0 Å². The summed E-state index contributed by atoms with van der Waals surface area (Å²) in [6, 6.07) is 11.3. The Balaban J connectivity index is 1.20. The molecule has 2 aromatic carbocycles. The maximum atomic E-state index is 14.0. The zero-order chi connectivity index (χ0) is 65.1. The summed E-state index contributed by atoms with van der Waals surface area (Å²) >= 11 is 0. The first kappa shape index (κ1) is 70.8. The monoisotopic (exact) mass is 1240 g/mol. The molecule has 0 aromatic heterocycles. The number of likely N-dealkylation sites (N-methyl/N-ethyl adjacent to an activating group) is 1. The van der Waals surface area contributed by atoms with Crippen LogP contribution in [0.5, 0.6) is 0 Å². The van der Waals surface area contributed by atoms with E-state index in [1.165, 1.54) is 14.0 Å². The van der Waals surface area contributed by atoms with Crippen molar-refractivity contribution < 1.29 is 91.8 Å². The van der Waals surface area contributed by atoms with E-state index in [0.717, 1.165) is 27.2 Å². The van der Waals surface area contributed by atoms with Crippen molar-refractivity contribution in [2.24, 2.45) is 0 Å². The summed E-state index contributed by atoms with van der Waals surface area (Å²) in [5, 5.41) is 61.7. The van der Waals surface area contributed by atoms with Crippen molar-refractivity contribution in [3.05, 3.63) is 71.5 Å². The number of carbonyl (C=O) groups is 6. The highest BCUT2D eigenvalue weighted by atomic mass is 16.7. The normalized spacial score (nSPS) is 25.9. The van der Waals surface area contributed by atoms with Gasteiger partial charge in [-0.25, -0.2) is 19.2 Å². The molecular formula is C63H96N6O19. The van der Waals surface area contributed by atoms with E-state index in [1.54, 1.807) is 89.2 Å². The van der Waals surface area contributed by atoms with Gasteiger partial charge in [-0.2, -0.15) is 0 Å². The van der Waals surface area contributed by atoms with Crippen LogP contribution in [0.15, 0.2) is 60.4 Å². The molecule has 6 rings (SSSR count). The van der Waals surface area contributed by atoms with Gasteiger partial charge in [0.1, 0.15) is 70.9 Å². The fraction of sp³-hybridized carbons (Fsp3) is 0.683. The van der Waals surface area contributed by atoms with E-state index in [-0.39, 0.29) is 57.3 Å². The number of rotatable bonds is 22. The van der Waals surface area contributed by atoms with Crippen molar-refractivity contribution in [2.75, 3.05) is 39.9 Å². The van der Waals surface area contributed by atoms with Gasteiger partial charge < -0.3 is 94.5 Å². The van der Waals surface area contributed by atoms with Gasteiger partial charge in [-0.3, -0.25) is 9.59 Å². The molecule has 0 bridgehead atoms. The van der Waals surface area contributed by atoms with Crippen LogP contribution in [0, 0.1) is 0 Å². The Morgan fingerprint density at radius 1 is 0.682 bits per heavy atom. The van der Waals surface area contributed by atoms with Crippen molar-refractivity contribution >= 4 is 36.2 Å². The summed E-state index contributed by atoms with van der Waals surface area (Å²) in [4.78, 5) is 81.0. The highest BCUT2D eigenvalue weighted by Gasteiger charge is 2.55. The third kappa shape index (κ3) is 20.9. The van der Waals surface area contributed by atoms with Gasteiger partial charge in [0.2, 0.25) is 12.2 Å². The van der Waals surface area contributed by atoms with E-state index in [4.69, 9.17) is 42.6 Å². The summed E-state index contributed by atoms with van der Waals surface area (Å²) in [6.45, 7) is 21.5. The molecule has 5 amide bonds. The Hall–Kier alpha value is -6.32. The Bertz CT molecular complexity index is 2690. The van der Waals surface area contributed by atoms with Gasteiger partial charge in [-0.1, -0.05) is 55.0 Å². The molecule has 2 heterocycles. The fourth-order valence-corrected chi connectivity index (χ4v) is 10.9. The van der Waals surface area contributed by atoms with E-state index in [2.05, 4.69) is 50.8 Å². The highest BCUT2D eigenvalue weighted by Crippen LogP contribution is 2.45. The number of aliphatic hydroxyl groups is 4. The number of nitrogens with zero attached hydrogens (tertiary/aromatic N) is 1. The predicted octanol–water partition coefficient (Wildman–Crippen LogP) is 5.91. The lowest BCUT2D eigenvalue weighted by Gasteiger charge is -2.50. The number of unbranched alkanes of at least 4 members (excludes halogenated alkanes) is 2. The average Bonchev–Trinajstić information content (AvgIpc) is 2.69. The van der Waals surface area contributed by atoms with E-state index < -0.39 is 132 Å². The van der Waals surface area contributed by atoms with Crippen LogP contribution in [0.4, 0.5) is 19.2 Å². The molecule has 25 heteroatoms. The minimum absolute atomic E-state index is 0.0334. The number of fused-ring (bicyclic) bond motifs is 3. The minimum Gasteiger partial charge on any atom is -0.466 e. The molecule has 0 radical (unpaired) electrons. The van der Waals surface area contributed by atoms with E-state index in [9.17, 15) is 49.2 Å². The van der Waals surface area contributed by atoms with E-state index >= 15 is 0 Å². The SMILES string of the molecule is CN(C(=O)OC(C)(C)C)[C@@H]1[C@@H](O)[C@@H](O[C@@H]2[C@@H](O)[C@H](O[C@H]3OC(CNCCCCCC(=O)OCC4c5ccccc5-c5ccccc54)=CC[C@H]3NC(=O)OC(C)(C)C)[C@@H](NC(=O)OC(C)(C)C)C[C@H]2NC(=O)[C@@H](O)CCNC(=O)OC(C)(C)C)OC[C@]1(C)O. The predicted molar refractivity (Wildman–Crippen MR) is 321 cm³/mol. The van der Waals surface area contributed by atoms with Gasteiger partial charge in [0.15, 0.2) is 6.29 Å². The largest absolute Gasteiger partial charge is 0.466 e. The standard InChI is InChI=1S/C63H96N6O19/c1-59(2,3)85-55(75)65-31-29-45(70)52(74)66-43-32-44(68-57(77)87-61(7,8)9)50(47(72)49(43)84-54-48(73)51(63(13,79)35-81-54)69(14)58(78)88-62(10,11)12)83-53-42(67-56(76)86-60(4,5)6)28-27-36(82-53)33-64-30-21-15-16-26-46(71)80-34-41-39-24-19-17-22-37(39)38-23-18-20-25-40(38)41/h17-20,22-25,27,41-45,47-51,53-54,64,70,72-73,79H,15-16,21,26,28-35H2,1-14H3,(H,65,75)(H,66,74)(H,67,76)(H,68,77)/t42-,43-,44+,45+,47-,48-,49+,50-,51-,53-,54-,63+/m1/s1. The first-order valence-electron chi connectivity index (χ1n) is 30.3. The summed E-state index contributed by atoms with van der Waals surface area (Å²) in [5.74, 6) is -0.897. The zero-order valence-corrected chi connectivity index (χ0v) is 53.5. The second-order valence-electron chi connectivity index (χ2n) is 27.1. The highest BCUT2D eigenvalue weighted by molar-refractivity contribution is 5.81. The number of amides is 5. The van der Waals surface area contributed by atoms with Crippen molar-refractivity contribution in [2.45, 2.75) is 236 Å². The molecule has 2 aliphatic heterocycles. The molecule has 88 heavy (non-hydrogen) atoms. The lowest BCUT2D eigenvalue weighted by Crippen LogP contribution is -2.71. The smallest absolute Gasteiger partial charge is 0.410 e. The van der Waals surface area contributed by atoms with Crippen molar-refractivity contribution in [1.29, 1.82) is 0 Å². The van der Waals surface area contributed by atoms with Gasteiger partial charge in [-0.15, -0.1) is 0 Å². The van der Waals surface area contributed by atoms with Gasteiger partial charge in [0.05, 0.1) is 37.3 Å². The summed E-state index contributed by atoms with van der Waals surface area (Å²) in [6.07, 6.45) is -11.8. The number of benzene rings is 2. The van der Waals surface area contributed by atoms with Crippen LogP contribution in [-0.4, -0.2) is 197 Å². The minimum atomic E-state index is -1.92. The average molecular weight is 1240 g/mol. The second kappa shape index (κ2) is 30.0. The summed E-state index contributed by atoms with van der Waals surface area (Å²) in [7, 11) is 1.31. The van der Waals surface area contributed by atoms with Crippen molar-refractivity contribution in [1.82, 2.24) is 31.5 Å². The number of alkyl carbamates (subject to hydrolysis) is 3. The van der Waals surface area contributed by atoms with Crippen molar-refractivity contribution in [3.63, 3.8) is 0 Å². The molecule has 2 aromatic rings. The molecule has 9 N–H and O–H groups in total. The number of ether oxygens (including phenoxy) is 9. The Labute approximate surface area is 516 Å². The molecule has 1 saturated heterocycles. The maximum absolute atomic E-state index is 14.0. The van der Waals surface area contributed by atoms with Crippen LogP contribution < -0.4 is 26.6 Å². The molecule has 25 nitrogen and oxygen atoms in total. The first-order valence-corrected chi connectivity index (χ1v) is 30.3. The Kier molecular flexibility index (Phi) is 24.1. The topological polar surface area (TPSA) is 330 Å². The maximum Gasteiger partial charge on any atom is 0.410 e. The number of carbonyl (C=O) groups excluding carboxylic acids is 6. The van der Waals surface area contributed by atoms with Crippen LogP contribution >= 0.6 is 0 Å². The van der Waals surface area contributed by atoms with Crippen LogP contribution in [-0.2, 0) is 52.2 Å². The van der Waals surface area contributed by atoms with Crippen LogP contribution in [0.25, 0.3) is 11.1 Å². The molecule has 0 spiro atoms. The lowest BCUT2D eigenvalue weighted by atomic mass is 9.82. The van der Waals surface area contributed by atoms with Gasteiger partial charge in [0, 0.05) is 25.9 Å². The third-order valence-electron chi connectivity index (χ3n) is 14.7. The molecule has 2 aliphatic carbocycles. The lowest BCUT2D eigenvalue weighted by molar-refractivity contribution is -0.311. The number of hydrogen-bond donors (Lipinski definition) is 9. The van der Waals surface area contributed by atoms with Gasteiger partial charge in [0.25, 0.3) is 0 Å². The van der Waals surface area contributed by atoms with E-state index in [1.807, 2.05) is 24.3 Å². The number of aliphatic hydroxyl groups excluding tert-OH is 3. The number of esters is 1. The first-order chi connectivity index (χ1) is 41.0. The number of hydrogen-bond acceptors (Lipinski definition) is 20. The molecule has 12 atom stereocenters. The van der Waals surface area contributed by atoms with Crippen LogP contribution in [0.1, 0.15) is 152 Å². The quantitative estimate of drug-likeness (QED) is 0.0376. The van der Waals surface area contributed by atoms with Gasteiger partial charge in [-0.05, 0) is 157 Å². The summed E-state index contributed by atoms with van der Waals surface area (Å²) < 4.78 is 53.5. The number of nitrogens with one attached hydrogen (secondary N) is 5. The fourth-order valence-electron chi connectivity index (χ4n) is 10.9. The molecule has 0 unspecified atom stereocenters. The Morgan fingerprint density at radius 3 is 1.80 bits per heavy atom. The van der Waals surface area contributed by atoms with Crippen molar-refractivity contribution in [3.8, 4) is 11.1 Å². The molecule has 1 saturated carbocycles. The van der Waals surface area contributed by atoms with Gasteiger partial charge >= 0.3 is 30.3 Å². The zero-order valence-electron chi connectivity index (χ0n) is 53.5. The van der Waals surface area contributed by atoms with Crippen LogP contribution in [0.2, 0.25) is 0 Å². The van der Waals surface area contributed by atoms with E-state index in [0.29, 0.717) is 31.6 Å². The molecular weight excluding hydrogens is 1140 g/mol. The molecule has 2 fully saturated rings.